The number of hydrogen-bond acceptors (Lipinski definition) is 5. The summed E-state index contributed by atoms with van der Waals surface area (Å²) in [5.74, 6) is -1.28. The SMILES string of the molecule is CC(C)(C)OC(=O)N1CCC(c2ncc(-c3ccc(NC(=O)Nc4ccc(F)cc4F)cc3)s2)CC1. The molecule has 1 fully saturated rings. The zero-order valence-corrected chi connectivity index (χ0v) is 21.1. The second-order valence-corrected chi connectivity index (χ2v) is 10.6. The molecule has 0 radical (unpaired) electrons. The van der Waals surface area contributed by atoms with E-state index in [1.54, 1.807) is 28.4 Å². The number of anilines is 2. The highest BCUT2D eigenvalue weighted by atomic mass is 32.1. The fourth-order valence-corrected chi connectivity index (χ4v) is 4.93. The van der Waals surface area contributed by atoms with E-state index in [2.05, 4.69) is 15.6 Å². The number of nitrogens with one attached hydrogen (secondary N) is 2. The summed E-state index contributed by atoms with van der Waals surface area (Å²) in [5, 5.41) is 6.03. The topological polar surface area (TPSA) is 83.6 Å². The van der Waals surface area contributed by atoms with E-state index < -0.39 is 23.3 Å². The maximum absolute atomic E-state index is 13.7. The number of urea groups is 1. The van der Waals surface area contributed by atoms with E-state index in [1.807, 2.05) is 39.1 Å². The molecular weight excluding hydrogens is 486 g/mol. The predicted molar refractivity (Wildman–Crippen MR) is 136 cm³/mol. The Morgan fingerprint density at radius 3 is 2.39 bits per heavy atom. The predicted octanol–water partition coefficient (Wildman–Crippen LogP) is 6.85. The minimum absolute atomic E-state index is 0.111. The zero-order chi connectivity index (χ0) is 25.9. The van der Waals surface area contributed by atoms with Crippen LogP contribution in [0.3, 0.4) is 0 Å². The third kappa shape index (κ3) is 6.57. The Labute approximate surface area is 212 Å². The van der Waals surface area contributed by atoms with E-state index >= 15 is 0 Å². The number of nitrogens with zero attached hydrogens (tertiary/aromatic N) is 2. The Hall–Kier alpha value is -3.53. The van der Waals surface area contributed by atoms with Gasteiger partial charge in [-0.05, 0) is 63.4 Å². The van der Waals surface area contributed by atoms with E-state index in [1.165, 1.54) is 0 Å². The number of rotatable bonds is 4. The largest absolute Gasteiger partial charge is 0.444 e. The van der Waals surface area contributed by atoms with Crippen molar-refractivity contribution in [1.82, 2.24) is 9.88 Å². The second kappa shape index (κ2) is 10.6. The Morgan fingerprint density at radius 1 is 1.06 bits per heavy atom. The van der Waals surface area contributed by atoms with Crippen LogP contribution in [0.25, 0.3) is 10.4 Å². The second-order valence-electron chi connectivity index (χ2n) is 9.59. The minimum atomic E-state index is -0.850. The number of hydrogen-bond donors (Lipinski definition) is 2. The summed E-state index contributed by atoms with van der Waals surface area (Å²) in [6.07, 6.45) is 3.23. The van der Waals surface area contributed by atoms with Gasteiger partial charge in [0.25, 0.3) is 0 Å². The normalized spacial score (nSPS) is 14.4. The van der Waals surface area contributed by atoms with E-state index in [4.69, 9.17) is 4.74 Å². The Bertz CT molecular complexity index is 1230. The van der Waals surface area contributed by atoms with Crippen molar-refractivity contribution in [2.75, 3.05) is 23.7 Å². The van der Waals surface area contributed by atoms with Gasteiger partial charge in [0.05, 0.1) is 15.6 Å². The van der Waals surface area contributed by atoms with Crippen molar-refractivity contribution in [3.05, 3.63) is 65.3 Å². The Kier molecular flexibility index (Phi) is 7.53. The summed E-state index contributed by atoms with van der Waals surface area (Å²) < 4.78 is 32.2. The van der Waals surface area contributed by atoms with Crippen molar-refractivity contribution in [2.45, 2.75) is 45.1 Å². The van der Waals surface area contributed by atoms with E-state index in [0.717, 1.165) is 40.4 Å². The van der Waals surface area contributed by atoms with Crippen LogP contribution in [0, 0.1) is 11.6 Å². The number of ether oxygens (including phenoxy) is 1. The van der Waals surface area contributed by atoms with Gasteiger partial charge in [-0.25, -0.2) is 23.4 Å². The smallest absolute Gasteiger partial charge is 0.410 e. The third-order valence-corrected chi connectivity index (χ3v) is 6.83. The van der Waals surface area contributed by atoms with Crippen LogP contribution in [0.15, 0.2) is 48.7 Å². The molecule has 0 bridgehead atoms. The molecule has 2 heterocycles. The summed E-state index contributed by atoms with van der Waals surface area (Å²) in [5.41, 5.74) is 0.867. The fraction of sp³-hybridized carbons (Fsp3) is 0.346. The van der Waals surface area contributed by atoms with Gasteiger partial charge in [0.1, 0.15) is 17.2 Å². The van der Waals surface area contributed by atoms with Crippen molar-refractivity contribution in [1.29, 1.82) is 0 Å². The van der Waals surface area contributed by atoms with Gasteiger partial charge in [0, 0.05) is 37.0 Å². The average molecular weight is 515 g/mol. The van der Waals surface area contributed by atoms with Crippen LogP contribution in [0.4, 0.5) is 29.7 Å². The van der Waals surface area contributed by atoms with Gasteiger partial charge in [-0.15, -0.1) is 11.3 Å². The number of likely N-dealkylation sites (tertiary alicyclic amines) is 1. The number of carbonyl (C=O) groups excluding carboxylic acids is 2. The highest BCUT2D eigenvalue weighted by Crippen LogP contribution is 2.35. The van der Waals surface area contributed by atoms with Crippen molar-refractivity contribution in [3.8, 4) is 10.4 Å². The number of benzene rings is 2. The van der Waals surface area contributed by atoms with Crippen molar-refractivity contribution in [2.24, 2.45) is 0 Å². The van der Waals surface area contributed by atoms with Crippen LogP contribution >= 0.6 is 11.3 Å². The number of carbonyl (C=O) groups is 2. The lowest BCUT2D eigenvalue weighted by atomic mass is 9.98. The van der Waals surface area contributed by atoms with E-state index in [-0.39, 0.29) is 11.8 Å². The number of aromatic nitrogens is 1. The van der Waals surface area contributed by atoms with Crippen LogP contribution in [0.1, 0.15) is 44.5 Å². The van der Waals surface area contributed by atoms with Crippen molar-refractivity contribution >= 4 is 34.8 Å². The maximum atomic E-state index is 13.7. The lowest BCUT2D eigenvalue weighted by Gasteiger charge is -2.32. The van der Waals surface area contributed by atoms with Crippen molar-refractivity contribution < 1.29 is 23.1 Å². The molecule has 0 atom stereocenters. The van der Waals surface area contributed by atoms with Crippen LogP contribution in [0.5, 0.6) is 0 Å². The van der Waals surface area contributed by atoms with Crippen LogP contribution < -0.4 is 10.6 Å². The molecule has 4 rings (SSSR count). The Morgan fingerprint density at radius 2 is 1.75 bits per heavy atom. The first kappa shape index (κ1) is 25.6. The highest BCUT2D eigenvalue weighted by molar-refractivity contribution is 7.15. The number of halogens is 2. The summed E-state index contributed by atoms with van der Waals surface area (Å²) in [6.45, 7) is 6.86. The first-order valence-corrected chi connectivity index (χ1v) is 12.5. The molecule has 0 saturated carbocycles. The van der Waals surface area contributed by atoms with Gasteiger partial charge < -0.3 is 20.3 Å². The monoisotopic (exact) mass is 514 g/mol. The molecule has 190 valence electrons. The zero-order valence-electron chi connectivity index (χ0n) is 20.3. The first-order chi connectivity index (χ1) is 17.1. The van der Waals surface area contributed by atoms with Crippen LogP contribution in [-0.4, -0.2) is 40.7 Å². The minimum Gasteiger partial charge on any atom is -0.444 e. The van der Waals surface area contributed by atoms with Crippen LogP contribution in [-0.2, 0) is 4.74 Å². The summed E-state index contributed by atoms with van der Waals surface area (Å²) in [6, 6.07) is 9.54. The maximum Gasteiger partial charge on any atom is 0.410 e. The molecule has 2 aromatic carbocycles. The standard InChI is InChI=1S/C26H28F2N4O3S/c1-26(2,3)35-25(34)32-12-10-17(11-13-32)23-29-15-22(36-23)16-4-7-19(8-5-16)30-24(33)31-21-9-6-18(27)14-20(21)28/h4-9,14-15,17H,10-13H2,1-3H3,(H2,30,31,33). The Balaban J connectivity index is 1.31. The number of piperidine rings is 1. The lowest BCUT2D eigenvalue weighted by Crippen LogP contribution is -2.41. The molecule has 1 saturated heterocycles. The van der Waals surface area contributed by atoms with Gasteiger partial charge in [-0.2, -0.15) is 0 Å². The van der Waals surface area contributed by atoms with Gasteiger partial charge >= 0.3 is 12.1 Å². The van der Waals surface area contributed by atoms with Crippen molar-refractivity contribution in [3.63, 3.8) is 0 Å². The summed E-state index contributed by atoms with van der Waals surface area (Å²) in [7, 11) is 0. The van der Waals surface area contributed by atoms with Gasteiger partial charge in [0.15, 0.2) is 0 Å². The number of amides is 3. The molecule has 0 spiro atoms. The molecule has 2 N–H and O–H groups in total. The van der Waals surface area contributed by atoms with E-state index in [0.29, 0.717) is 30.8 Å². The molecule has 0 aliphatic carbocycles. The molecule has 1 aliphatic rings. The summed E-state index contributed by atoms with van der Waals surface area (Å²) in [4.78, 5) is 31.8. The molecule has 10 heteroatoms. The van der Waals surface area contributed by atoms with Crippen LogP contribution in [0.2, 0.25) is 0 Å². The molecule has 36 heavy (non-hydrogen) atoms. The summed E-state index contributed by atoms with van der Waals surface area (Å²) >= 11 is 1.62. The molecule has 3 aromatic rings. The number of thiazole rings is 1. The molecule has 7 nitrogen and oxygen atoms in total. The van der Waals surface area contributed by atoms with Gasteiger partial charge in [0.2, 0.25) is 0 Å². The quantitative estimate of drug-likeness (QED) is 0.399. The molecule has 1 aliphatic heterocycles. The lowest BCUT2D eigenvalue weighted by molar-refractivity contribution is 0.0204. The molecule has 0 unspecified atom stereocenters. The molecule has 1 aromatic heterocycles. The molecule has 3 amide bonds. The fourth-order valence-electron chi connectivity index (χ4n) is 3.84. The van der Waals surface area contributed by atoms with Gasteiger partial charge in [-0.1, -0.05) is 12.1 Å². The third-order valence-electron chi connectivity index (χ3n) is 5.63. The highest BCUT2D eigenvalue weighted by Gasteiger charge is 2.28. The average Bonchev–Trinajstić information content (AvgIpc) is 3.31. The van der Waals surface area contributed by atoms with Gasteiger partial charge in [-0.3, -0.25) is 0 Å². The van der Waals surface area contributed by atoms with E-state index in [9.17, 15) is 18.4 Å². The molecular formula is C26H28F2N4O3S. The first-order valence-electron chi connectivity index (χ1n) is 11.6.